The van der Waals surface area contributed by atoms with Crippen LogP contribution in [0.15, 0.2) is 0 Å². The molecule has 0 heterocycles. The van der Waals surface area contributed by atoms with Crippen LogP contribution in [-0.4, -0.2) is 29.1 Å². The third-order valence-electron chi connectivity index (χ3n) is 0.960. The van der Waals surface area contributed by atoms with Crippen molar-refractivity contribution in [1.82, 2.24) is 0 Å². The first kappa shape index (κ1) is 9.64. The Morgan fingerprint density at radius 3 is 2.20 bits per heavy atom. The van der Waals surface area contributed by atoms with Crippen molar-refractivity contribution in [1.29, 1.82) is 0 Å². The third kappa shape index (κ3) is 2.97. The number of aldehydes is 1. The first-order valence-corrected chi connectivity index (χ1v) is 3.37. The van der Waals surface area contributed by atoms with Gasteiger partial charge in [-0.05, 0) is 0 Å². The zero-order chi connectivity index (χ0) is 8.20. The van der Waals surface area contributed by atoms with Crippen LogP contribution in [0.25, 0.3) is 0 Å². The standard InChI is InChI=1S/C4H7F3O2Si/c5-4(6,7)3(9-10)1-2-8/h2-3H,1H2,10H3. The Balaban J connectivity index is 3.92. The Labute approximate surface area is 58.9 Å². The molecular formula is C4H7F3O2Si. The zero-order valence-corrected chi connectivity index (χ0v) is 7.31. The first-order chi connectivity index (χ1) is 4.52. The Morgan fingerprint density at radius 1 is 1.60 bits per heavy atom. The van der Waals surface area contributed by atoms with E-state index in [1.54, 1.807) is 0 Å². The van der Waals surface area contributed by atoms with Gasteiger partial charge in [0, 0.05) is 6.42 Å². The molecule has 0 aromatic heterocycles. The molecular weight excluding hydrogens is 165 g/mol. The van der Waals surface area contributed by atoms with Gasteiger partial charge in [0.05, 0.1) is 0 Å². The van der Waals surface area contributed by atoms with E-state index in [1.807, 2.05) is 0 Å². The number of rotatable bonds is 3. The molecule has 0 aliphatic carbocycles. The molecule has 10 heavy (non-hydrogen) atoms. The molecule has 1 atom stereocenters. The van der Waals surface area contributed by atoms with Crippen LogP contribution in [-0.2, 0) is 9.22 Å². The summed E-state index contributed by atoms with van der Waals surface area (Å²) in [7, 11) is -0.0116. The number of hydrogen-bond donors (Lipinski definition) is 0. The fourth-order valence-corrected chi connectivity index (χ4v) is 0.911. The fourth-order valence-electron chi connectivity index (χ4n) is 0.451. The van der Waals surface area contributed by atoms with Crippen LogP contribution in [0.4, 0.5) is 13.2 Å². The number of halogens is 3. The van der Waals surface area contributed by atoms with E-state index in [0.717, 1.165) is 0 Å². The number of alkyl halides is 3. The van der Waals surface area contributed by atoms with Crippen LogP contribution in [0.5, 0.6) is 0 Å². The smallest absolute Gasteiger partial charge is 0.413 e. The third-order valence-corrected chi connectivity index (χ3v) is 1.53. The van der Waals surface area contributed by atoms with E-state index >= 15 is 0 Å². The van der Waals surface area contributed by atoms with E-state index in [2.05, 4.69) is 4.43 Å². The van der Waals surface area contributed by atoms with Gasteiger partial charge in [-0.2, -0.15) is 13.2 Å². The molecule has 0 saturated carbocycles. The minimum absolute atomic E-state index is 0.0116. The number of carbonyl (C=O) groups is 1. The Bertz CT molecular complexity index is 114. The molecule has 0 aliphatic rings. The van der Waals surface area contributed by atoms with Crippen molar-refractivity contribution in [2.75, 3.05) is 0 Å². The zero-order valence-electron chi connectivity index (χ0n) is 5.31. The molecule has 0 rings (SSSR count). The average molecular weight is 172 g/mol. The Hall–Kier alpha value is -0.363. The summed E-state index contributed by atoms with van der Waals surface area (Å²) in [4.78, 5) is 9.66. The predicted molar refractivity (Wildman–Crippen MR) is 31.5 cm³/mol. The van der Waals surface area contributed by atoms with Gasteiger partial charge in [-0.25, -0.2) is 0 Å². The molecule has 0 spiro atoms. The van der Waals surface area contributed by atoms with Gasteiger partial charge < -0.3 is 9.22 Å². The molecule has 0 aromatic carbocycles. The van der Waals surface area contributed by atoms with Crippen molar-refractivity contribution in [2.24, 2.45) is 0 Å². The second-order valence-corrected chi connectivity index (χ2v) is 2.14. The lowest BCUT2D eigenvalue weighted by molar-refractivity contribution is -0.195. The molecule has 0 aromatic rings. The van der Waals surface area contributed by atoms with Gasteiger partial charge >= 0.3 is 6.18 Å². The van der Waals surface area contributed by atoms with Gasteiger partial charge in [0.25, 0.3) is 0 Å². The van der Waals surface area contributed by atoms with Crippen LogP contribution >= 0.6 is 0 Å². The van der Waals surface area contributed by atoms with Crippen LogP contribution < -0.4 is 0 Å². The molecule has 6 heteroatoms. The summed E-state index contributed by atoms with van der Waals surface area (Å²) in [6.07, 6.45) is -6.69. The minimum Gasteiger partial charge on any atom is -0.416 e. The second kappa shape index (κ2) is 3.72. The summed E-state index contributed by atoms with van der Waals surface area (Å²) in [6.45, 7) is 0. The highest BCUT2D eigenvalue weighted by Crippen LogP contribution is 2.23. The molecule has 0 bridgehead atoms. The van der Waals surface area contributed by atoms with E-state index in [-0.39, 0.29) is 16.8 Å². The molecule has 60 valence electrons. The average Bonchev–Trinajstić information content (AvgIpc) is 1.80. The van der Waals surface area contributed by atoms with Gasteiger partial charge in [-0.15, -0.1) is 0 Å². The van der Waals surface area contributed by atoms with Gasteiger partial charge in [-0.3, -0.25) is 0 Å². The van der Waals surface area contributed by atoms with Crippen molar-refractivity contribution < 1.29 is 22.4 Å². The largest absolute Gasteiger partial charge is 0.416 e. The van der Waals surface area contributed by atoms with Gasteiger partial charge in [-0.1, -0.05) is 0 Å². The van der Waals surface area contributed by atoms with Crippen LogP contribution in [0, 0.1) is 0 Å². The lowest BCUT2D eigenvalue weighted by Gasteiger charge is -2.15. The topological polar surface area (TPSA) is 26.3 Å². The van der Waals surface area contributed by atoms with Crippen LogP contribution in [0.1, 0.15) is 6.42 Å². The van der Waals surface area contributed by atoms with E-state index in [9.17, 15) is 18.0 Å². The van der Waals surface area contributed by atoms with Crippen LogP contribution in [0.2, 0.25) is 0 Å². The quantitative estimate of drug-likeness (QED) is 0.435. The van der Waals surface area contributed by atoms with Crippen molar-refractivity contribution >= 4 is 16.8 Å². The molecule has 1 unspecified atom stereocenters. The van der Waals surface area contributed by atoms with Crippen molar-refractivity contribution in [3.63, 3.8) is 0 Å². The summed E-state index contributed by atoms with van der Waals surface area (Å²) in [6, 6.07) is 0. The maximum absolute atomic E-state index is 11.6. The number of hydrogen-bond acceptors (Lipinski definition) is 2. The maximum Gasteiger partial charge on any atom is 0.413 e. The maximum atomic E-state index is 11.6. The highest BCUT2D eigenvalue weighted by Gasteiger charge is 2.38. The molecule has 0 saturated heterocycles. The molecule has 0 fully saturated rings. The fraction of sp³-hybridized carbons (Fsp3) is 0.750. The number of carbonyl (C=O) groups excluding carboxylic acids is 1. The van der Waals surface area contributed by atoms with E-state index < -0.39 is 18.7 Å². The minimum atomic E-state index is -4.40. The molecule has 0 N–H and O–H groups in total. The second-order valence-electron chi connectivity index (χ2n) is 1.67. The van der Waals surface area contributed by atoms with Gasteiger partial charge in [0.2, 0.25) is 0 Å². The highest BCUT2D eigenvalue weighted by atomic mass is 28.2. The van der Waals surface area contributed by atoms with Crippen molar-refractivity contribution in [3.8, 4) is 0 Å². The highest BCUT2D eigenvalue weighted by molar-refractivity contribution is 5.98. The summed E-state index contributed by atoms with van der Waals surface area (Å²) in [5, 5.41) is 0. The summed E-state index contributed by atoms with van der Waals surface area (Å²) in [5.41, 5.74) is 0. The summed E-state index contributed by atoms with van der Waals surface area (Å²) < 4.78 is 39.1. The first-order valence-electron chi connectivity index (χ1n) is 2.55. The molecule has 0 amide bonds. The molecule has 0 radical (unpaired) electrons. The van der Waals surface area contributed by atoms with Gasteiger partial charge in [0.1, 0.15) is 22.9 Å². The monoisotopic (exact) mass is 172 g/mol. The summed E-state index contributed by atoms with van der Waals surface area (Å²) >= 11 is 0. The van der Waals surface area contributed by atoms with Crippen molar-refractivity contribution in [3.05, 3.63) is 0 Å². The van der Waals surface area contributed by atoms with E-state index in [1.165, 1.54) is 0 Å². The summed E-state index contributed by atoms with van der Waals surface area (Å²) in [5.74, 6) is 0. The Kier molecular flexibility index (Phi) is 3.58. The lowest BCUT2D eigenvalue weighted by Crippen LogP contribution is -2.31. The van der Waals surface area contributed by atoms with E-state index in [4.69, 9.17) is 0 Å². The molecule has 2 nitrogen and oxygen atoms in total. The lowest BCUT2D eigenvalue weighted by atomic mass is 10.3. The van der Waals surface area contributed by atoms with Gasteiger partial charge in [0.15, 0.2) is 0 Å². The predicted octanol–water partition coefficient (Wildman–Crippen LogP) is -0.197. The molecule has 0 aliphatic heterocycles. The van der Waals surface area contributed by atoms with Crippen LogP contribution in [0.3, 0.4) is 0 Å². The normalized spacial score (nSPS) is 15.1. The van der Waals surface area contributed by atoms with E-state index in [0.29, 0.717) is 0 Å². The SMILES string of the molecule is O=CCC(O[SiH3])C(F)(F)F. The Morgan fingerprint density at radius 2 is 2.10 bits per heavy atom. The van der Waals surface area contributed by atoms with Crippen molar-refractivity contribution in [2.45, 2.75) is 18.7 Å².